The van der Waals surface area contributed by atoms with Gasteiger partial charge < -0.3 is 15.3 Å². The van der Waals surface area contributed by atoms with E-state index in [9.17, 15) is 9.50 Å². The minimum Gasteiger partial charge on any atom is -0.507 e. The Morgan fingerprint density at radius 3 is 2.88 bits per heavy atom. The van der Waals surface area contributed by atoms with Gasteiger partial charge in [-0.2, -0.15) is 9.61 Å². The number of rotatable bonds is 3. The third kappa shape index (κ3) is 3.24. The van der Waals surface area contributed by atoms with Crippen molar-refractivity contribution in [3.8, 4) is 17.0 Å². The van der Waals surface area contributed by atoms with Crippen LogP contribution in [0.15, 0.2) is 34.9 Å². The van der Waals surface area contributed by atoms with E-state index >= 15 is 0 Å². The highest BCUT2D eigenvalue weighted by Crippen LogP contribution is 2.33. The van der Waals surface area contributed by atoms with Crippen LogP contribution in [0, 0.1) is 0 Å². The number of piperidine rings is 1. The van der Waals surface area contributed by atoms with Crippen molar-refractivity contribution in [3.63, 3.8) is 0 Å². The van der Waals surface area contributed by atoms with Gasteiger partial charge in [0.15, 0.2) is 0 Å². The molecule has 3 aromatic rings. The molecule has 1 saturated heterocycles. The number of fused-ring (bicyclic) bond motifs is 1. The van der Waals surface area contributed by atoms with Crippen LogP contribution in [0.25, 0.3) is 16.8 Å². The Morgan fingerprint density at radius 1 is 1.27 bits per heavy atom. The Kier molecular flexibility index (Phi) is 4.49. The van der Waals surface area contributed by atoms with Gasteiger partial charge in [0, 0.05) is 35.6 Å². The molecule has 7 nitrogen and oxygen atoms in total. The highest BCUT2D eigenvalue weighted by Gasteiger charge is 2.26. The van der Waals surface area contributed by atoms with E-state index < -0.39 is 6.17 Å². The summed E-state index contributed by atoms with van der Waals surface area (Å²) >= 11 is 3.33. The average Bonchev–Trinajstić information content (AvgIpc) is 3.05. The lowest BCUT2D eigenvalue weighted by Gasteiger charge is -2.32. The van der Waals surface area contributed by atoms with E-state index in [1.54, 1.807) is 22.8 Å². The first kappa shape index (κ1) is 17.2. The van der Waals surface area contributed by atoms with Gasteiger partial charge in [-0.05, 0) is 31.3 Å². The Hall–Kier alpha value is -2.26. The standard InChI is InChI=1S/C17H18BrFN6O/c1-24-8-11(19)7-12(9-24)21-17-23-22-16(14-4-5-20-25(14)17)13-3-2-10(18)6-15(13)26/h2-6,11-12,26H,7-9H2,1H3,(H,21,23)/t11-,12-/m1/s1. The summed E-state index contributed by atoms with van der Waals surface area (Å²) in [4.78, 5) is 1.95. The highest BCUT2D eigenvalue weighted by molar-refractivity contribution is 9.10. The van der Waals surface area contributed by atoms with Gasteiger partial charge in [0.25, 0.3) is 0 Å². The van der Waals surface area contributed by atoms with Gasteiger partial charge in [-0.3, -0.25) is 0 Å². The fraction of sp³-hybridized carbons (Fsp3) is 0.353. The highest BCUT2D eigenvalue weighted by atomic mass is 79.9. The zero-order chi connectivity index (χ0) is 18.3. The zero-order valence-corrected chi connectivity index (χ0v) is 15.7. The SMILES string of the molecule is CN1C[C@H](F)C[C@@H](Nc2nnc(-c3ccc(Br)cc3O)c3ccnn23)C1. The molecule has 0 aliphatic carbocycles. The number of likely N-dealkylation sites (tertiary alicyclic amines) is 1. The molecule has 0 amide bonds. The van der Waals surface area contributed by atoms with Gasteiger partial charge in [0.1, 0.15) is 17.6 Å². The van der Waals surface area contributed by atoms with Crippen LogP contribution >= 0.6 is 15.9 Å². The summed E-state index contributed by atoms with van der Waals surface area (Å²) in [6.07, 6.45) is 1.20. The molecular formula is C17H18BrFN6O. The predicted molar refractivity (Wildman–Crippen MR) is 100 cm³/mol. The van der Waals surface area contributed by atoms with E-state index in [0.717, 1.165) is 11.0 Å². The number of nitrogens with one attached hydrogen (secondary N) is 1. The fourth-order valence-corrected chi connectivity index (χ4v) is 3.71. The molecule has 3 heterocycles. The van der Waals surface area contributed by atoms with E-state index in [1.165, 1.54) is 0 Å². The third-order valence-corrected chi connectivity index (χ3v) is 4.95. The Balaban J connectivity index is 1.70. The van der Waals surface area contributed by atoms with Crippen LogP contribution in [-0.4, -0.2) is 62.2 Å². The van der Waals surface area contributed by atoms with Crippen molar-refractivity contribution in [2.24, 2.45) is 0 Å². The summed E-state index contributed by atoms with van der Waals surface area (Å²) < 4.78 is 16.2. The number of likely N-dealkylation sites (N-methyl/N-ethyl adjacent to an activating group) is 1. The molecule has 1 aliphatic rings. The molecule has 1 aliphatic heterocycles. The second-order valence-corrected chi connectivity index (χ2v) is 7.47. The van der Waals surface area contributed by atoms with Gasteiger partial charge in [-0.25, -0.2) is 4.39 Å². The summed E-state index contributed by atoms with van der Waals surface area (Å²) in [6, 6.07) is 6.94. The number of aromatic nitrogens is 4. The number of benzene rings is 1. The average molecular weight is 421 g/mol. The maximum atomic E-state index is 13.8. The van der Waals surface area contributed by atoms with Gasteiger partial charge >= 0.3 is 0 Å². The van der Waals surface area contributed by atoms with E-state index in [0.29, 0.717) is 35.7 Å². The summed E-state index contributed by atoms with van der Waals surface area (Å²) in [5.41, 5.74) is 1.81. The number of phenols is 1. The maximum Gasteiger partial charge on any atom is 0.244 e. The molecule has 2 atom stereocenters. The molecule has 136 valence electrons. The summed E-state index contributed by atoms with van der Waals surface area (Å²) in [7, 11) is 1.90. The van der Waals surface area contributed by atoms with Gasteiger partial charge in [-0.15, -0.1) is 10.2 Å². The summed E-state index contributed by atoms with van der Waals surface area (Å²) in [6.45, 7) is 1.17. The van der Waals surface area contributed by atoms with Crippen LogP contribution in [0.2, 0.25) is 0 Å². The Labute approximate surface area is 158 Å². The largest absolute Gasteiger partial charge is 0.507 e. The molecule has 0 bridgehead atoms. The maximum absolute atomic E-state index is 13.8. The number of phenolic OH excluding ortho intramolecular Hbond substituents is 1. The normalized spacial score (nSPS) is 21.2. The van der Waals surface area contributed by atoms with E-state index in [-0.39, 0.29) is 11.8 Å². The van der Waals surface area contributed by atoms with Crippen LogP contribution in [-0.2, 0) is 0 Å². The molecule has 4 rings (SSSR count). The monoisotopic (exact) mass is 420 g/mol. The second kappa shape index (κ2) is 6.81. The Morgan fingerprint density at radius 2 is 2.12 bits per heavy atom. The molecule has 0 radical (unpaired) electrons. The van der Waals surface area contributed by atoms with Crippen LogP contribution < -0.4 is 5.32 Å². The number of halogens is 2. The number of hydrogen-bond acceptors (Lipinski definition) is 6. The van der Waals surface area contributed by atoms with E-state index in [4.69, 9.17) is 0 Å². The minimum absolute atomic E-state index is 0.0719. The van der Waals surface area contributed by atoms with Crippen molar-refractivity contribution in [1.29, 1.82) is 0 Å². The Bertz CT molecular complexity index is 938. The first-order valence-electron chi connectivity index (χ1n) is 8.29. The van der Waals surface area contributed by atoms with Crippen LogP contribution in [0.1, 0.15) is 6.42 Å². The number of nitrogens with zero attached hydrogens (tertiary/aromatic N) is 5. The van der Waals surface area contributed by atoms with Crippen molar-refractivity contribution >= 4 is 27.4 Å². The molecule has 2 N–H and O–H groups in total. The molecule has 1 aromatic carbocycles. The number of hydrogen-bond donors (Lipinski definition) is 2. The molecular weight excluding hydrogens is 403 g/mol. The molecule has 0 unspecified atom stereocenters. The van der Waals surface area contributed by atoms with Crippen LogP contribution in [0.4, 0.5) is 10.3 Å². The zero-order valence-electron chi connectivity index (χ0n) is 14.1. The molecule has 0 spiro atoms. The second-order valence-electron chi connectivity index (χ2n) is 6.56. The predicted octanol–water partition coefficient (Wildman–Crippen LogP) is 2.71. The number of anilines is 1. The van der Waals surface area contributed by atoms with E-state index in [1.807, 2.05) is 24.1 Å². The van der Waals surface area contributed by atoms with Gasteiger partial charge in [0.05, 0.1) is 11.7 Å². The molecule has 9 heteroatoms. The lowest BCUT2D eigenvalue weighted by atomic mass is 10.1. The first-order chi connectivity index (χ1) is 12.5. The van der Waals surface area contributed by atoms with Gasteiger partial charge in [-0.1, -0.05) is 15.9 Å². The third-order valence-electron chi connectivity index (χ3n) is 4.46. The number of alkyl halides is 1. The number of aromatic hydroxyl groups is 1. The summed E-state index contributed by atoms with van der Waals surface area (Å²) in [5.74, 6) is 0.560. The van der Waals surface area contributed by atoms with Gasteiger partial charge in [0.2, 0.25) is 5.95 Å². The van der Waals surface area contributed by atoms with E-state index in [2.05, 4.69) is 36.5 Å². The topological polar surface area (TPSA) is 78.6 Å². The molecule has 0 saturated carbocycles. The van der Waals surface area contributed by atoms with Crippen LogP contribution in [0.3, 0.4) is 0 Å². The van der Waals surface area contributed by atoms with Crippen molar-refractivity contribution < 1.29 is 9.50 Å². The van der Waals surface area contributed by atoms with Crippen molar-refractivity contribution in [1.82, 2.24) is 24.7 Å². The fourth-order valence-electron chi connectivity index (χ4n) is 3.36. The molecule has 2 aromatic heterocycles. The summed E-state index contributed by atoms with van der Waals surface area (Å²) in [5, 5.41) is 26.3. The first-order valence-corrected chi connectivity index (χ1v) is 9.09. The smallest absolute Gasteiger partial charge is 0.244 e. The van der Waals surface area contributed by atoms with Crippen molar-refractivity contribution in [2.75, 3.05) is 25.5 Å². The van der Waals surface area contributed by atoms with Crippen LogP contribution in [0.5, 0.6) is 5.75 Å². The molecule has 1 fully saturated rings. The lowest BCUT2D eigenvalue weighted by molar-refractivity contribution is 0.153. The van der Waals surface area contributed by atoms with Crippen molar-refractivity contribution in [3.05, 3.63) is 34.9 Å². The van der Waals surface area contributed by atoms with Crippen molar-refractivity contribution in [2.45, 2.75) is 18.6 Å². The quantitative estimate of drug-likeness (QED) is 0.677. The lowest BCUT2D eigenvalue weighted by Crippen LogP contribution is -2.45. The minimum atomic E-state index is -0.869. The molecule has 26 heavy (non-hydrogen) atoms.